The summed E-state index contributed by atoms with van der Waals surface area (Å²) in [7, 11) is 2.01. The Morgan fingerprint density at radius 3 is 2.96 bits per heavy atom. The maximum atomic E-state index is 13.3. The predicted octanol–water partition coefficient (Wildman–Crippen LogP) is 3.38. The van der Waals surface area contributed by atoms with Crippen LogP contribution in [0.2, 0.25) is 0 Å². The molecule has 5 nitrogen and oxygen atoms in total. The molecule has 0 aliphatic carbocycles. The summed E-state index contributed by atoms with van der Waals surface area (Å²) in [5.41, 5.74) is 3.06. The van der Waals surface area contributed by atoms with E-state index < -0.39 is 0 Å². The van der Waals surface area contributed by atoms with E-state index in [2.05, 4.69) is 26.8 Å². The Hall–Kier alpha value is -2.56. The van der Waals surface area contributed by atoms with Gasteiger partial charge in [0, 0.05) is 42.5 Å². The average Bonchev–Trinajstić information content (AvgIpc) is 3.21. The van der Waals surface area contributed by atoms with Gasteiger partial charge in [0.05, 0.1) is 18.8 Å². The number of benzene rings is 1. The molecule has 0 saturated carbocycles. The van der Waals surface area contributed by atoms with Gasteiger partial charge in [0.1, 0.15) is 0 Å². The van der Waals surface area contributed by atoms with E-state index in [1.807, 2.05) is 49.2 Å². The van der Waals surface area contributed by atoms with Gasteiger partial charge in [0.25, 0.3) is 5.91 Å². The number of carbonyl (C=O) groups excluding carboxylic acids is 1. The first-order valence-electron chi connectivity index (χ1n) is 8.97. The minimum absolute atomic E-state index is 0.144. The summed E-state index contributed by atoms with van der Waals surface area (Å²) in [6.07, 6.45) is 9.22. The Bertz CT molecular complexity index is 907. The second-order valence-electron chi connectivity index (χ2n) is 7.05. The van der Waals surface area contributed by atoms with Crippen LogP contribution < -0.4 is 0 Å². The highest BCUT2D eigenvalue weighted by Crippen LogP contribution is 2.25. The van der Waals surface area contributed by atoms with Crippen molar-refractivity contribution in [3.8, 4) is 0 Å². The van der Waals surface area contributed by atoms with Crippen molar-refractivity contribution in [3.63, 3.8) is 0 Å². The van der Waals surface area contributed by atoms with Crippen LogP contribution >= 0.6 is 0 Å². The number of amides is 1. The molecule has 25 heavy (non-hydrogen) atoms. The summed E-state index contributed by atoms with van der Waals surface area (Å²) >= 11 is 0. The van der Waals surface area contributed by atoms with Crippen LogP contribution in [0, 0.1) is 6.92 Å². The fraction of sp³-hybridized carbons (Fsp3) is 0.400. The maximum Gasteiger partial charge on any atom is 0.254 e. The van der Waals surface area contributed by atoms with Gasteiger partial charge in [-0.2, -0.15) is 5.10 Å². The lowest BCUT2D eigenvalue weighted by atomic mass is 9.99. The zero-order chi connectivity index (χ0) is 17.4. The molecule has 1 aliphatic heterocycles. The third-order valence-electron chi connectivity index (χ3n) is 5.21. The van der Waals surface area contributed by atoms with E-state index in [1.54, 1.807) is 0 Å². The number of fused-ring (bicyclic) bond motifs is 1. The number of piperidine rings is 1. The van der Waals surface area contributed by atoms with Gasteiger partial charge < -0.3 is 9.47 Å². The average molecular weight is 336 g/mol. The third-order valence-corrected chi connectivity index (χ3v) is 5.21. The van der Waals surface area contributed by atoms with Crippen LogP contribution in [0.4, 0.5) is 0 Å². The number of likely N-dealkylation sites (tertiary alicyclic amines) is 1. The molecule has 1 amide bonds. The molecule has 2 aromatic heterocycles. The van der Waals surface area contributed by atoms with Crippen molar-refractivity contribution in [1.82, 2.24) is 19.2 Å². The molecule has 1 atom stereocenters. The minimum Gasteiger partial charge on any atom is -0.351 e. The summed E-state index contributed by atoms with van der Waals surface area (Å²) < 4.78 is 4.03. The summed E-state index contributed by atoms with van der Waals surface area (Å²) in [5.74, 6) is 0.144. The molecule has 5 heteroatoms. The molecule has 4 rings (SSSR count). The van der Waals surface area contributed by atoms with Crippen molar-refractivity contribution in [2.45, 2.75) is 38.8 Å². The number of hydrogen-bond acceptors (Lipinski definition) is 2. The van der Waals surface area contributed by atoms with Crippen LogP contribution in [0.25, 0.3) is 10.9 Å². The molecular formula is C20H24N4O. The van der Waals surface area contributed by atoms with Crippen LogP contribution in [0.15, 0.2) is 42.9 Å². The first-order valence-corrected chi connectivity index (χ1v) is 8.97. The lowest BCUT2D eigenvalue weighted by molar-refractivity contribution is 0.0586. The van der Waals surface area contributed by atoms with Crippen LogP contribution in [0.5, 0.6) is 0 Å². The van der Waals surface area contributed by atoms with E-state index in [9.17, 15) is 4.79 Å². The number of nitrogens with zero attached hydrogens (tertiary/aromatic N) is 4. The number of carbonyl (C=O) groups is 1. The van der Waals surface area contributed by atoms with Crippen LogP contribution in [-0.2, 0) is 13.6 Å². The Morgan fingerprint density at radius 2 is 2.16 bits per heavy atom. The summed E-state index contributed by atoms with van der Waals surface area (Å²) in [6, 6.07) is 8.24. The minimum atomic E-state index is 0.144. The molecule has 0 unspecified atom stereocenters. The van der Waals surface area contributed by atoms with E-state index in [-0.39, 0.29) is 11.9 Å². The summed E-state index contributed by atoms with van der Waals surface area (Å²) in [6.45, 7) is 3.64. The zero-order valence-corrected chi connectivity index (χ0v) is 14.9. The van der Waals surface area contributed by atoms with Gasteiger partial charge >= 0.3 is 0 Å². The van der Waals surface area contributed by atoms with E-state index in [4.69, 9.17) is 0 Å². The molecule has 130 valence electrons. The fourth-order valence-electron chi connectivity index (χ4n) is 3.88. The lowest BCUT2D eigenvalue weighted by Gasteiger charge is -2.36. The smallest absolute Gasteiger partial charge is 0.254 e. The second-order valence-corrected chi connectivity index (χ2v) is 7.05. The third kappa shape index (κ3) is 2.95. The molecule has 3 aromatic rings. The molecule has 1 saturated heterocycles. The SMILES string of the molecule is Cc1cnn(C[C@@H]2CCCCN2C(=O)c2cccc3c2ccn3C)c1. The first kappa shape index (κ1) is 15.9. The van der Waals surface area contributed by atoms with E-state index >= 15 is 0 Å². The monoisotopic (exact) mass is 336 g/mol. The molecule has 1 aromatic carbocycles. The lowest BCUT2D eigenvalue weighted by Crippen LogP contribution is -2.46. The first-order chi connectivity index (χ1) is 12.1. The number of aryl methyl sites for hydroxylation is 2. The highest BCUT2D eigenvalue weighted by atomic mass is 16.2. The van der Waals surface area contributed by atoms with Crippen LogP contribution in [-0.4, -0.2) is 37.7 Å². The van der Waals surface area contributed by atoms with Crippen LogP contribution in [0.1, 0.15) is 35.2 Å². The Labute approximate surface area is 147 Å². The standard InChI is InChI=1S/C20H24N4O/c1-15-12-21-23(13-15)14-16-6-3-4-10-24(16)20(25)18-7-5-8-19-17(18)9-11-22(19)2/h5,7-9,11-13,16H,3-4,6,10,14H2,1-2H3/t16-/m0/s1. The molecule has 0 spiro atoms. The molecule has 1 fully saturated rings. The maximum absolute atomic E-state index is 13.3. The van der Waals surface area contributed by atoms with Crippen molar-refractivity contribution in [3.05, 3.63) is 54.0 Å². The molecule has 0 N–H and O–H groups in total. The highest BCUT2D eigenvalue weighted by Gasteiger charge is 2.29. The molecule has 0 bridgehead atoms. The fourth-order valence-corrected chi connectivity index (χ4v) is 3.88. The van der Waals surface area contributed by atoms with Gasteiger partial charge in [-0.1, -0.05) is 6.07 Å². The van der Waals surface area contributed by atoms with Gasteiger partial charge in [-0.05, 0) is 49.9 Å². The van der Waals surface area contributed by atoms with Gasteiger partial charge in [-0.3, -0.25) is 9.48 Å². The largest absolute Gasteiger partial charge is 0.351 e. The number of aromatic nitrogens is 3. The van der Waals surface area contributed by atoms with Gasteiger partial charge in [0.2, 0.25) is 0 Å². The normalized spacial score (nSPS) is 18.0. The summed E-state index contributed by atoms with van der Waals surface area (Å²) in [5, 5.41) is 5.44. The van der Waals surface area contributed by atoms with Gasteiger partial charge in [-0.25, -0.2) is 0 Å². The van der Waals surface area contributed by atoms with Crippen molar-refractivity contribution < 1.29 is 4.79 Å². The molecule has 1 aliphatic rings. The second kappa shape index (κ2) is 6.39. The van der Waals surface area contributed by atoms with Crippen LogP contribution in [0.3, 0.4) is 0 Å². The number of rotatable bonds is 3. The zero-order valence-electron chi connectivity index (χ0n) is 14.9. The summed E-state index contributed by atoms with van der Waals surface area (Å²) in [4.78, 5) is 15.4. The quantitative estimate of drug-likeness (QED) is 0.736. The van der Waals surface area contributed by atoms with Crippen molar-refractivity contribution >= 4 is 16.8 Å². The molecule has 0 radical (unpaired) electrons. The van der Waals surface area contributed by atoms with E-state index in [0.717, 1.165) is 48.0 Å². The highest BCUT2D eigenvalue weighted by molar-refractivity contribution is 6.06. The van der Waals surface area contributed by atoms with Crippen molar-refractivity contribution in [2.75, 3.05) is 6.54 Å². The Kier molecular flexibility index (Phi) is 4.07. The molecule has 3 heterocycles. The number of hydrogen-bond donors (Lipinski definition) is 0. The van der Waals surface area contributed by atoms with Crippen molar-refractivity contribution in [1.29, 1.82) is 0 Å². The van der Waals surface area contributed by atoms with Gasteiger partial charge in [-0.15, -0.1) is 0 Å². The van der Waals surface area contributed by atoms with E-state index in [0.29, 0.717) is 0 Å². The predicted molar refractivity (Wildman–Crippen MR) is 98.6 cm³/mol. The van der Waals surface area contributed by atoms with E-state index in [1.165, 1.54) is 6.42 Å². The molecular weight excluding hydrogens is 312 g/mol. The Morgan fingerprint density at radius 1 is 1.28 bits per heavy atom. The Balaban J connectivity index is 1.64. The van der Waals surface area contributed by atoms with Crippen molar-refractivity contribution in [2.24, 2.45) is 7.05 Å². The topological polar surface area (TPSA) is 43.1 Å². The van der Waals surface area contributed by atoms with Gasteiger partial charge in [0.15, 0.2) is 0 Å².